The predicted molar refractivity (Wildman–Crippen MR) is 85.5 cm³/mol. The van der Waals surface area contributed by atoms with Crippen molar-refractivity contribution in [3.8, 4) is 0 Å². The Hall–Kier alpha value is -2.82. The van der Waals surface area contributed by atoms with E-state index in [-0.39, 0.29) is 18.1 Å². The molecule has 5 heteroatoms. The van der Waals surface area contributed by atoms with E-state index in [1.807, 2.05) is 54.6 Å². The Morgan fingerprint density at radius 2 is 1.77 bits per heavy atom. The second-order valence-corrected chi connectivity index (χ2v) is 5.27. The lowest BCUT2D eigenvalue weighted by Crippen LogP contribution is -2.32. The van der Waals surface area contributed by atoms with Crippen LogP contribution in [-0.2, 0) is 17.9 Å². The Morgan fingerprint density at radius 3 is 2.55 bits per heavy atom. The number of hydrogen-bond acceptors (Lipinski definition) is 2. The number of fused-ring (bicyclic) bond motifs is 1. The Labute approximate surface area is 127 Å². The van der Waals surface area contributed by atoms with Crippen LogP contribution in [0.3, 0.4) is 0 Å². The number of benzene rings is 2. The van der Waals surface area contributed by atoms with Gasteiger partial charge < -0.3 is 9.88 Å². The number of aromatic amines is 1. The van der Waals surface area contributed by atoms with Gasteiger partial charge in [-0.3, -0.25) is 9.36 Å². The second-order valence-electron chi connectivity index (χ2n) is 5.27. The molecule has 0 aliphatic heterocycles. The van der Waals surface area contributed by atoms with Crippen LogP contribution in [0.2, 0.25) is 0 Å². The van der Waals surface area contributed by atoms with Gasteiger partial charge in [0.1, 0.15) is 6.54 Å². The maximum absolute atomic E-state index is 12.4. The van der Waals surface area contributed by atoms with Crippen molar-refractivity contribution in [3.05, 3.63) is 70.6 Å². The third kappa shape index (κ3) is 2.79. The van der Waals surface area contributed by atoms with Crippen LogP contribution in [0, 0.1) is 0 Å². The molecule has 0 unspecified atom stereocenters. The molecular weight excluding hydrogens is 278 g/mol. The molecule has 1 N–H and O–H groups in total. The third-order valence-corrected chi connectivity index (χ3v) is 3.66. The molecule has 0 spiro atoms. The molecule has 1 aromatic heterocycles. The van der Waals surface area contributed by atoms with Crippen LogP contribution in [0.25, 0.3) is 11.0 Å². The van der Waals surface area contributed by atoms with E-state index in [9.17, 15) is 9.59 Å². The van der Waals surface area contributed by atoms with E-state index < -0.39 is 0 Å². The van der Waals surface area contributed by atoms with Gasteiger partial charge in [0.05, 0.1) is 11.0 Å². The fourth-order valence-corrected chi connectivity index (χ4v) is 2.47. The Morgan fingerprint density at radius 1 is 1.09 bits per heavy atom. The summed E-state index contributed by atoms with van der Waals surface area (Å²) in [6.07, 6.45) is 0. The maximum Gasteiger partial charge on any atom is 0.326 e. The van der Waals surface area contributed by atoms with Crippen LogP contribution >= 0.6 is 0 Å². The fraction of sp³-hybridized carbons (Fsp3) is 0.176. The maximum atomic E-state index is 12.4. The third-order valence-electron chi connectivity index (χ3n) is 3.66. The van der Waals surface area contributed by atoms with Crippen LogP contribution in [0.5, 0.6) is 0 Å². The zero-order chi connectivity index (χ0) is 15.5. The number of rotatable bonds is 4. The second kappa shape index (κ2) is 5.89. The van der Waals surface area contributed by atoms with Gasteiger partial charge in [-0.2, -0.15) is 0 Å². The normalized spacial score (nSPS) is 10.8. The van der Waals surface area contributed by atoms with E-state index in [1.54, 1.807) is 11.9 Å². The summed E-state index contributed by atoms with van der Waals surface area (Å²) < 4.78 is 1.47. The average molecular weight is 295 g/mol. The number of hydrogen-bond donors (Lipinski definition) is 1. The molecule has 0 fully saturated rings. The van der Waals surface area contributed by atoms with Gasteiger partial charge in [-0.1, -0.05) is 42.5 Å². The van der Waals surface area contributed by atoms with Gasteiger partial charge >= 0.3 is 5.69 Å². The van der Waals surface area contributed by atoms with E-state index in [4.69, 9.17) is 0 Å². The molecule has 3 aromatic rings. The molecule has 2 aromatic carbocycles. The van der Waals surface area contributed by atoms with Crippen LogP contribution in [0.15, 0.2) is 59.4 Å². The molecule has 22 heavy (non-hydrogen) atoms. The molecule has 3 rings (SSSR count). The highest BCUT2D eigenvalue weighted by atomic mass is 16.2. The molecule has 0 saturated carbocycles. The van der Waals surface area contributed by atoms with Crippen LogP contribution < -0.4 is 5.69 Å². The quantitative estimate of drug-likeness (QED) is 0.800. The predicted octanol–water partition coefficient (Wildman–Crippen LogP) is 1.99. The molecule has 0 atom stereocenters. The number of aromatic nitrogens is 2. The number of amides is 1. The number of imidazole rings is 1. The number of H-pyrrole nitrogens is 1. The van der Waals surface area contributed by atoms with Crippen molar-refractivity contribution in [1.82, 2.24) is 14.5 Å². The summed E-state index contributed by atoms with van der Waals surface area (Å²) in [7, 11) is 1.75. The van der Waals surface area contributed by atoms with Crippen molar-refractivity contribution in [3.63, 3.8) is 0 Å². The van der Waals surface area contributed by atoms with Crippen molar-refractivity contribution in [2.75, 3.05) is 7.05 Å². The smallest absolute Gasteiger partial charge is 0.326 e. The number of carbonyl (C=O) groups excluding carboxylic acids is 1. The molecule has 0 saturated heterocycles. The van der Waals surface area contributed by atoms with E-state index in [0.717, 1.165) is 16.6 Å². The summed E-state index contributed by atoms with van der Waals surface area (Å²) >= 11 is 0. The van der Waals surface area contributed by atoms with Crippen LogP contribution in [-0.4, -0.2) is 27.4 Å². The van der Waals surface area contributed by atoms with Crippen molar-refractivity contribution in [2.24, 2.45) is 0 Å². The highest BCUT2D eigenvalue weighted by molar-refractivity contribution is 5.80. The SMILES string of the molecule is CN(Cc1ccccc1)C(=O)Cn1c(=O)[nH]c2ccccc21. The highest BCUT2D eigenvalue weighted by Gasteiger charge is 2.14. The largest absolute Gasteiger partial charge is 0.340 e. The minimum Gasteiger partial charge on any atom is -0.340 e. The van der Waals surface area contributed by atoms with Crippen molar-refractivity contribution in [1.29, 1.82) is 0 Å². The molecule has 0 bridgehead atoms. The molecule has 0 radical (unpaired) electrons. The summed E-state index contributed by atoms with van der Waals surface area (Å²) in [5.41, 5.74) is 2.28. The highest BCUT2D eigenvalue weighted by Crippen LogP contribution is 2.10. The standard InChI is InChI=1S/C17H17N3O2/c1-19(11-13-7-3-2-4-8-13)16(21)12-20-15-10-6-5-9-14(15)18-17(20)22/h2-10H,11-12H2,1H3,(H,18,22). The lowest BCUT2D eigenvalue weighted by molar-refractivity contribution is -0.131. The minimum atomic E-state index is -0.261. The lowest BCUT2D eigenvalue weighted by atomic mass is 10.2. The topological polar surface area (TPSA) is 58.1 Å². The molecule has 0 aliphatic rings. The van der Waals surface area contributed by atoms with E-state index in [0.29, 0.717) is 6.54 Å². The Bertz CT molecular complexity index is 849. The first-order valence-corrected chi connectivity index (χ1v) is 7.10. The number of para-hydroxylation sites is 2. The molecule has 5 nitrogen and oxygen atoms in total. The van der Waals surface area contributed by atoms with Gasteiger partial charge in [0, 0.05) is 13.6 Å². The van der Waals surface area contributed by atoms with Crippen LogP contribution in [0.4, 0.5) is 0 Å². The number of nitrogens with zero attached hydrogens (tertiary/aromatic N) is 2. The van der Waals surface area contributed by atoms with Crippen molar-refractivity contribution >= 4 is 16.9 Å². The first kappa shape index (κ1) is 14.1. The molecule has 0 aliphatic carbocycles. The summed E-state index contributed by atoms with van der Waals surface area (Å²) in [5, 5.41) is 0. The zero-order valence-electron chi connectivity index (χ0n) is 12.3. The van der Waals surface area contributed by atoms with Crippen LogP contribution in [0.1, 0.15) is 5.56 Å². The van der Waals surface area contributed by atoms with Gasteiger partial charge in [0.2, 0.25) is 5.91 Å². The summed E-state index contributed by atoms with van der Waals surface area (Å²) in [6.45, 7) is 0.558. The zero-order valence-corrected chi connectivity index (χ0v) is 12.3. The minimum absolute atomic E-state index is 0.0339. The number of nitrogens with one attached hydrogen (secondary N) is 1. The molecular formula is C17H17N3O2. The van der Waals surface area contributed by atoms with Gasteiger partial charge in [-0.25, -0.2) is 4.79 Å². The average Bonchev–Trinajstić information content (AvgIpc) is 2.84. The number of likely N-dealkylation sites (N-methyl/N-ethyl adjacent to an activating group) is 1. The molecule has 112 valence electrons. The number of carbonyl (C=O) groups is 1. The summed E-state index contributed by atoms with van der Waals surface area (Å²) in [4.78, 5) is 28.7. The van der Waals surface area contributed by atoms with E-state index in [1.165, 1.54) is 4.57 Å². The molecule has 1 heterocycles. The summed E-state index contributed by atoms with van der Waals surface area (Å²) in [6, 6.07) is 17.1. The van der Waals surface area contributed by atoms with E-state index in [2.05, 4.69) is 4.98 Å². The van der Waals surface area contributed by atoms with Crippen molar-refractivity contribution < 1.29 is 4.79 Å². The fourth-order valence-electron chi connectivity index (χ4n) is 2.47. The monoisotopic (exact) mass is 295 g/mol. The first-order chi connectivity index (χ1) is 10.6. The Kier molecular flexibility index (Phi) is 3.78. The van der Waals surface area contributed by atoms with Gasteiger partial charge in [-0.05, 0) is 17.7 Å². The van der Waals surface area contributed by atoms with Gasteiger partial charge in [-0.15, -0.1) is 0 Å². The first-order valence-electron chi connectivity index (χ1n) is 7.10. The van der Waals surface area contributed by atoms with Gasteiger partial charge in [0.15, 0.2) is 0 Å². The van der Waals surface area contributed by atoms with Gasteiger partial charge in [0.25, 0.3) is 0 Å². The Balaban J connectivity index is 1.78. The lowest BCUT2D eigenvalue weighted by Gasteiger charge is -2.17. The molecule has 1 amide bonds. The van der Waals surface area contributed by atoms with E-state index >= 15 is 0 Å². The van der Waals surface area contributed by atoms with Crippen molar-refractivity contribution in [2.45, 2.75) is 13.1 Å². The summed E-state index contributed by atoms with van der Waals surface area (Å²) in [5.74, 6) is -0.101.